The van der Waals surface area contributed by atoms with Gasteiger partial charge in [-0.2, -0.15) is 0 Å². The van der Waals surface area contributed by atoms with Crippen LogP contribution in [0.4, 0.5) is 4.39 Å². The Hall–Kier alpha value is -2.69. The van der Waals surface area contributed by atoms with Crippen LogP contribution in [0.1, 0.15) is 10.4 Å². The Morgan fingerprint density at radius 1 is 1.30 bits per heavy atom. The monoisotopic (exact) mass is 268 g/mol. The lowest BCUT2D eigenvalue weighted by Gasteiger charge is -2.09. The minimum absolute atomic E-state index is 0.199. The Bertz CT molecular complexity index is 883. The fraction of sp³-hybridized carbons (Fsp3) is 0.0667. The fourth-order valence-corrected chi connectivity index (χ4v) is 2.67. The minimum Gasteiger partial charge on any atom is -0.495 e. The number of pyridine rings is 1. The number of hydrogen-bond acceptors (Lipinski definition) is 3. The quantitative estimate of drug-likeness (QED) is 0.533. The summed E-state index contributed by atoms with van der Waals surface area (Å²) in [6.07, 6.45) is 1.68. The Morgan fingerprint density at radius 2 is 2.15 bits per heavy atom. The van der Waals surface area contributed by atoms with Gasteiger partial charge in [-0.05, 0) is 30.3 Å². The second kappa shape index (κ2) is 3.66. The van der Waals surface area contributed by atoms with E-state index in [9.17, 15) is 9.18 Å². The van der Waals surface area contributed by atoms with Crippen LogP contribution in [0.15, 0.2) is 36.5 Å². The van der Waals surface area contributed by atoms with Gasteiger partial charge < -0.3 is 4.74 Å². The molecule has 0 atom stereocenters. The SMILES string of the molecule is COc1c2c(nc3ccc(F)cc13)-c1cccn1C2=O. The highest BCUT2D eigenvalue weighted by Crippen LogP contribution is 2.40. The van der Waals surface area contributed by atoms with Gasteiger partial charge in [0.1, 0.15) is 22.8 Å². The zero-order valence-corrected chi connectivity index (χ0v) is 10.6. The van der Waals surface area contributed by atoms with Gasteiger partial charge in [0, 0.05) is 11.6 Å². The van der Waals surface area contributed by atoms with Crippen molar-refractivity contribution in [3.63, 3.8) is 0 Å². The molecule has 0 fully saturated rings. The number of halogens is 1. The first-order valence-corrected chi connectivity index (χ1v) is 6.10. The molecule has 0 amide bonds. The van der Waals surface area contributed by atoms with Crippen molar-refractivity contribution in [3.05, 3.63) is 47.9 Å². The Labute approximate surface area is 113 Å². The zero-order valence-electron chi connectivity index (χ0n) is 10.6. The summed E-state index contributed by atoms with van der Waals surface area (Å²) in [5.41, 5.74) is 2.30. The maximum absolute atomic E-state index is 13.4. The summed E-state index contributed by atoms with van der Waals surface area (Å²) >= 11 is 0. The first kappa shape index (κ1) is 11.2. The molecule has 4 nitrogen and oxygen atoms in total. The van der Waals surface area contributed by atoms with Gasteiger partial charge in [-0.25, -0.2) is 9.37 Å². The van der Waals surface area contributed by atoms with Crippen LogP contribution >= 0.6 is 0 Å². The zero-order chi connectivity index (χ0) is 13.9. The molecule has 0 bridgehead atoms. The lowest BCUT2D eigenvalue weighted by Crippen LogP contribution is -2.06. The summed E-state index contributed by atoms with van der Waals surface area (Å²) in [4.78, 5) is 16.9. The number of hydrogen-bond donors (Lipinski definition) is 0. The Kier molecular flexibility index (Phi) is 2.04. The summed E-state index contributed by atoms with van der Waals surface area (Å²) in [6, 6.07) is 7.88. The molecule has 98 valence electrons. The first-order chi connectivity index (χ1) is 9.70. The number of fused-ring (bicyclic) bond motifs is 4. The van der Waals surface area contributed by atoms with Crippen molar-refractivity contribution in [1.82, 2.24) is 9.55 Å². The van der Waals surface area contributed by atoms with E-state index < -0.39 is 0 Å². The molecule has 0 saturated heterocycles. The second-order valence-electron chi connectivity index (χ2n) is 4.60. The number of methoxy groups -OCH3 is 1. The predicted octanol–water partition coefficient (Wildman–Crippen LogP) is 2.85. The van der Waals surface area contributed by atoms with Crippen LogP contribution in [0.2, 0.25) is 0 Å². The molecule has 0 spiro atoms. The number of ether oxygens (including phenoxy) is 1. The third-order valence-corrected chi connectivity index (χ3v) is 3.53. The summed E-state index contributed by atoms with van der Waals surface area (Å²) in [5, 5.41) is 0.505. The molecule has 1 aliphatic heterocycles. The number of carbonyl (C=O) groups is 1. The molecular weight excluding hydrogens is 259 g/mol. The van der Waals surface area contributed by atoms with Gasteiger partial charge in [0.2, 0.25) is 0 Å². The fourth-order valence-electron chi connectivity index (χ4n) is 2.67. The molecule has 1 aliphatic rings. The summed E-state index contributed by atoms with van der Waals surface area (Å²) in [7, 11) is 1.47. The molecule has 3 heterocycles. The molecule has 0 aliphatic carbocycles. The van der Waals surface area contributed by atoms with E-state index in [0.717, 1.165) is 5.69 Å². The van der Waals surface area contributed by atoms with Gasteiger partial charge in [0.25, 0.3) is 5.91 Å². The Balaban J connectivity index is 2.18. The molecule has 1 aromatic carbocycles. The van der Waals surface area contributed by atoms with Crippen molar-refractivity contribution in [2.45, 2.75) is 0 Å². The van der Waals surface area contributed by atoms with E-state index in [4.69, 9.17) is 4.74 Å². The van der Waals surface area contributed by atoms with Gasteiger partial charge in [0.15, 0.2) is 0 Å². The number of benzene rings is 1. The minimum atomic E-state index is -0.386. The van der Waals surface area contributed by atoms with Crippen LogP contribution in [0.5, 0.6) is 5.75 Å². The standard InChI is InChI=1S/C15H9FN2O2/c1-20-14-9-7-8(16)4-5-10(9)17-13-11-3-2-6-18(11)15(19)12(13)14/h2-7H,1H3. The lowest BCUT2D eigenvalue weighted by atomic mass is 10.1. The molecule has 0 unspecified atom stereocenters. The van der Waals surface area contributed by atoms with Crippen molar-refractivity contribution in [2.75, 3.05) is 7.11 Å². The van der Waals surface area contributed by atoms with Gasteiger partial charge in [-0.15, -0.1) is 0 Å². The smallest absolute Gasteiger partial charge is 0.268 e. The molecule has 4 rings (SSSR count). The van der Waals surface area contributed by atoms with E-state index in [1.54, 1.807) is 18.3 Å². The molecule has 5 heteroatoms. The van der Waals surface area contributed by atoms with E-state index in [0.29, 0.717) is 27.9 Å². The van der Waals surface area contributed by atoms with E-state index >= 15 is 0 Å². The topological polar surface area (TPSA) is 44.1 Å². The van der Waals surface area contributed by atoms with Crippen LogP contribution in [-0.4, -0.2) is 22.6 Å². The van der Waals surface area contributed by atoms with Crippen molar-refractivity contribution >= 4 is 16.8 Å². The normalized spacial score (nSPS) is 12.6. The van der Waals surface area contributed by atoms with Crippen LogP contribution in [-0.2, 0) is 0 Å². The average Bonchev–Trinajstić information content (AvgIpc) is 3.01. The molecule has 0 N–H and O–H groups in total. The maximum Gasteiger partial charge on any atom is 0.268 e. The van der Waals surface area contributed by atoms with Crippen molar-refractivity contribution in [3.8, 4) is 17.1 Å². The highest BCUT2D eigenvalue weighted by atomic mass is 19.1. The Morgan fingerprint density at radius 3 is 2.95 bits per heavy atom. The van der Waals surface area contributed by atoms with Crippen molar-refractivity contribution in [1.29, 1.82) is 0 Å². The van der Waals surface area contributed by atoms with E-state index in [1.807, 2.05) is 6.07 Å². The third kappa shape index (κ3) is 1.24. The van der Waals surface area contributed by atoms with Crippen molar-refractivity contribution in [2.24, 2.45) is 0 Å². The van der Waals surface area contributed by atoms with Gasteiger partial charge in [-0.3, -0.25) is 9.36 Å². The summed E-state index contributed by atoms with van der Waals surface area (Å²) in [6.45, 7) is 0. The molecular formula is C15H9FN2O2. The van der Waals surface area contributed by atoms with Crippen LogP contribution in [0.3, 0.4) is 0 Å². The predicted molar refractivity (Wildman–Crippen MR) is 71.4 cm³/mol. The molecule has 20 heavy (non-hydrogen) atoms. The van der Waals surface area contributed by atoms with Crippen LogP contribution in [0.25, 0.3) is 22.3 Å². The van der Waals surface area contributed by atoms with Gasteiger partial charge >= 0.3 is 0 Å². The summed E-state index contributed by atoms with van der Waals surface area (Å²) in [5.74, 6) is -0.212. The number of nitrogens with zero attached hydrogens (tertiary/aromatic N) is 2. The number of aromatic nitrogens is 2. The first-order valence-electron chi connectivity index (χ1n) is 6.10. The van der Waals surface area contributed by atoms with Crippen LogP contribution in [0, 0.1) is 5.82 Å². The molecule has 0 saturated carbocycles. The number of rotatable bonds is 1. The highest BCUT2D eigenvalue weighted by molar-refractivity contribution is 6.13. The second-order valence-corrected chi connectivity index (χ2v) is 4.60. The third-order valence-electron chi connectivity index (χ3n) is 3.53. The lowest BCUT2D eigenvalue weighted by molar-refractivity contribution is 0.0966. The summed E-state index contributed by atoms with van der Waals surface area (Å²) < 4.78 is 20.3. The maximum atomic E-state index is 13.4. The van der Waals surface area contributed by atoms with Crippen LogP contribution < -0.4 is 4.74 Å². The average molecular weight is 268 g/mol. The van der Waals surface area contributed by atoms with Gasteiger partial charge in [0.05, 0.1) is 18.3 Å². The van der Waals surface area contributed by atoms with Crippen molar-refractivity contribution < 1.29 is 13.9 Å². The van der Waals surface area contributed by atoms with E-state index in [2.05, 4.69) is 4.98 Å². The molecule has 3 aromatic rings. The molecule has 0 radical (unpaired) electrons. The highest BCUT2D eigenvalue weighted by Gasteiger charge is 2.32. The number of carbonyl (C=O) groups excluding carboxylic acids is 1. The van der Waals surface area contributed by atoms with E-state index in [1.165, 1.54) is 23.8 Å². The molecule has 2 aromatic heterocycles. The van der Waals surface area contributed by atoms with E-state index in [-0.39, 0.29) is 11.7 Å². The van der Waals surface area contributed by atoms with Gasteiger partial charge in [-0.1, -0.05) is 0 Å². The largest absolute Gasteiger partial charge is 0.495 e.